The van der Waals surface area contributed by atoms with Gasteiger partial charge in [0, 0.05) is 42.0 Å². The summed E-state index contributed by atoms with van der Waals surface area (Å²) in [6.45, 7) is 7.78. The first-order chi connectivity index (χ1) is 7.91. The average Bonchev–Trinajstić information content (AvgIpc) is 2.23. The zero-order valence-electron chi connectivity index (χ0n) is 11.4. The fourth-order valence-corrected chi connectivity index (χ4v) is 1.97. The second-order valence-electron chi connectivity index (χ2n) is 4.96. The standard InChI is InChI=1S/C12H27NO3S/c1-10(2)8-16-9-12(14)7-13-11(3)5-6-17(4)15/h10-14H,5-9H2,1-4H3. The Labute approximate surface area is 108 Å². The SMILES string of the molecule is CC(C)COCC(O)CNC(C)CCS(C)=O. The van der Waals surface area contributed by atoms with E-state index in [2.05, 4.69) is 19.2 Å². The van der Waals surface area contributed by atoms with Gasteiger partial charge in [-0.3, -0.25) is 4.21 Å². The van der Waals surface area contributed by atoms with E-state index in [1.54, 1.807) is 6.26 Å². The van der Waals surface area contributed by atoms with Crippen LogP contribution in [-0.4, -0.2) is 53.2 Å². The van der Waals surface area contributed by atoms with Gasteiger partial charge in [-0.25, -0.2) is 0 Å². The van der Waals surface area contributed by atoms with Gasteiger partial charge in [0.2, 0.25) is 0 Å². The van der Waals surface area contributed by atoms with E-state index in [0.29, 0.717) is 31.4 Å². The van der Waals surface area contributed by atoms with Crippen LogP contribution in [0.25, 0.3) is 0 Å². The second kappa shape index (κ2) is 10.00. The summed E-state index contributed by atoms with van der Waals surface area (Å²) >= 11 is 0. The van der Waals surface area contributed by atoms with Crippen LogP contribution in [0.1, 0.15) is 27.2 Å². The predicted octanol–water partition coefficient (Wildman–Crippen LogP) is 0.767. The first kappa shape index (κ1) is 17.0. The molecular formula is C12H27NO3S. The Hall–Kier alpha value is 0.0300. The molecule has 0 aromatic rings. The zero-order valence-corrected chi connectivity index (χ0v) is 12.3. The maximum absolute atomic E-state index is 10.9. The Morgan fingerprint density at radius 3 is 2.47 bits per heavy atom. The fraction of sp³-hybridized carbons (Fsp3) is 1.00. The van der Waals surface area contributed by atoms with E-state index >= 15 is 0 Å². The first-order valence-corrected chi connectivity index (χ1v) is 7.93. The number of ether oxygens (including phenoxy) is 1. The third-order valence-corrected chi connectivity index (χ3v) is 3.11. The summed E-state index contributed by atoms with van der Waals surface area (Å²) in [4.78, 5) is 0. The summed E-state index contributed by atoms with van der Waals surface area (Å²) in [7, 11) is -0.738. The number of rotatable bonds is 10. The summed E-state index contributed by atoms with van der Waals surface area (Å²) in [6, 6.07) is 0.277. The normalized spacial score (nSPS) is 17.1. The average molecular weight is 265 g/mol. The largest absolute Gasteiger partial charge is 0.389 e. The smallest absolute Gasteiger partial charge is 0.0897 e. The van der Waals surface area contributed by atoms with Crippen LogP contribution in [0.2, 0.25) is 0 Å². The van der Waals surface area contributed by atoms with Gasteiger partial charge in [-0.2, -0.15) is 0 Å². The molecule has 104 valence electrons. The second-order valence-corrected chi connectivity index (χ2v) is 6.52. The van der Waals surface area contributed by atoms with Gasteiger partial charge in [-0.1, -0.05) is 13.8 Å². The Morgan fingerprint density at radius 1 is 1.29 bits per heavy atom. The van der Waals surface area contributed by atoms with Crippen LogP contribution in [0.3, 0.4) is 0 Å². The lowest BCUT2D eigenvalue weighted by atomic mass is 10.2. The Bertz CT molecular complexity index is 212. The highest BCUT2D eigenvalue weighted by Crippen LogP contribution is 1.96. The van der Waals surface area contributed by atoms with Crippen molar-refractivity contribution in [3.05, 3.63) is 0 Å². The number of aliphatic hydroxyl groups is 1. The summed E-state index contributed by atoms with van der Waals surface area (Å²) in [5.74, 6) is 1.20. The highest BCUT2D eigenvalue weighted by atomic mass is 32.2. The van der Waals surface area contributed by atoms with Crippen molar-refractivity contribution in [1.82, 2.24) is 5.32 Å². The van der Waals surface area contributed by atoms with Crippen LogP contribution in [-0.2, 0) is 15.5 Å². The molecule has 0 spiro atoms. The third kappa shape index (κ3) is 12.3. The molecule has 0 aromatic heterocycles. The maximum atomic E-state index is 10.9. The molecular weight excluding hydrogens is 238 g/mol. The topological polar surface area (TPSA) is 58.6 Å². The number of nitrogens with one attached hydrogen (secondary N) is 1. The molecule has 4 nitrogen and oxygen atoms in total. The number of aliphatic hydroxyl groups excluding tert-OH is 1. The molecule has 0 heterocycles. The van der Waals surface area contributed by atoms with Gasteiger partial charge >= 0.3 is 0 Å². The molecule has 5 heteroatoms. The van der Waals surface area contributed by atoms with Gasteiger partial charge < -0.3 is 15.2 Å². The van der Waals surface area contributed by atoms with Crippen LogP contribution in [0.4, 0.5) is 0 Å². The van der Waals surface area contributed by atoms with E-state index in [1.165, 1.54) is 0 Å². The van der Waals surface area contributed by atoms with Crippen LogP contribution in [0, 0.1) is 5.92 Å². The van der Waals surface area contributed by atoms with E-state index < -0.39 is 16.9 Å². The number of hydrogen-bond donors (Lipinski definition) is 2. The van der Waals surface area contributed by atoms with Crippen LogP contribution in [0.5, 0.6) is 0 Å². The summed E-state index contributed by atoms with van der Waals surface area (Å²) in [5, 5.41) is 12.9. The molecule has 0 aromatic carbocycles. The van der Waals surface area contributed by atoms with Crippen molar-refractivity contribution in [1.29, 1.82) is 0 Å². The van der Waals surface area contributed by atoms with E-state index in [-0.39, 0.29) is 6.04 Å². The van der Waals surface area contributed by atoms with E-state index in [9.17, 15) is 9.32 Å². The predicted molar refractivity (Wildman–Crippen MR) is 72.7 cm³/mol. The molecule has 0 aliphatic rings. The molecule has 0 radical (unpaired) electrons. The Kier molecular flexibility index (Phi) is 10.0. The highest BCUT2D eigenvalue weighted by molar-refractivity contribution is 7.84. The van der Waals surface area contributed by atoms with Crippen molar-refractivity contribution < 1.29 is 14.1 Å². The lowest BCUT2D eigenvalue weighted by Gasteiger charge is -2.17. The van der Waals surface area contributed by atoms with Gasteiger partial charge in [0.15, 0.2) is 0 Å². The minimum absolute atomic E-state index is 0.277. The molecule has 0 fully saturated rings. The van der Waals surface area contributed by atoms with Gasteiger partial charge in [0.1, 0.15) is 0 Å². The molecule has 0 bridgehead atoms. The van der Waals surface area contributed by atoms with Crippen molar-refractivity contribution in [2.45, 2.75) is 39.3 Å². The van der Waals surface area contributed by atoms with Gasteiger partial charge in [-0.05, 0) is 19.3 Å². The summed E-state index contributed by atoms with van der Waals surface area (Å²) < 4.78 is 16.3. The Morgan fingerprint density at radius 2 is 1.94 bits per heavy atom. The van der Waals surface area contributed by atoms with Gasteiger partial charge in [0.25, 0.3) is 0 Å². The molecule has 0 saturated carbocycles. The molecule has 0 saturated heterocycles. The van der Waals surface area contributed by atoms with Crippen molar-refractivity contribution in [3.8, 4) is 0 Å². The lowest BCUT2D eigenvalue weighted by molar-refractivity contribution is 0.0252. The van der Waals surface area contributed by atoms with Crippen LogP contribution >= 0.6 is 0 Å². The monoisotopic (exact) mass is 265 g/mol. The maximum Gasteiger partial charge on any atom is 0.0897 e. The van der Waals surface area contributed by atoms with Crippen molar-refractivity contribution in [2.75, 3.05) is 31.8 Å². The van der Waals surface area contributed by atoms with E-state index in [0.717, 1.165) is 6.42 Å². The van der Waals surface area contributed by atoms with E-state index in [1.807, 2.05) is 6.92 Å². The molecule has 0 rings (SSSR count). The van der Waals surface area contributed by atoms with Crippen molar-refractivity contribution >= 4 is 10.8 Å². The molecule has 0 aliphatic carbocycles. The number of hydrogen-bond acceptors (Lipinski definition) is 4. The third-order valence-electron chi connectivity index (χ3n) is 2.30. The lowest BCUT2D eigenvalue weighted by Crippen LogP contribution is -2.36. The fourth-order valence-electron chi connectivity index (χ4n) is 1.28. The molecule has 0 amide bonds. The minimum Gasteiger partial charge on any atom is -0.389 e. The first-order valence-electron chi connectivity index (χ1n) is 6.21. The van der Waals surface area contributed by atoms with E-state index in [4.69, 9.17) is 4.74 Å². The summed E-state index contributed by atoms with van der Waals surface area (Å²) in [5.41, 5.74) is 0. The van der Waals surface area contributed by atoms with Crippen molar-refractivity contribution in [3.63, 3.8) is 0 Å². The molecule has 17 heavy (non-hydrogen) atoms. The van der Waals surface area contributed by atoms with Crippen LogP contribution < -0.4 is 5.32 Å². The molecule has 3 unspecified atom stereocenters. The summed E-state index contributed by atoms with van der Waals surface area (Å²) in [6.07, 6.45) is 2.10. The molecule has 0 aliphatic heterocycles. The van der Waals surface area contributed by atoms with Gasteiger partial charge in [-0.15, -0.1) is 0 Å². The quantitative estimate of drug-likeness (QED) is 0.612. The van der Waals surface area contributed by atoms with Gasteiger partial charge in [0.05, 0.1) is 12.7 Å². The molecule has 3 atom stereocenters. The van der Waals surface area contributed by atoms with Crippen LogP contribution in [0.15, 0.2) is 0 Å². The zero-order chi connectivity index (χ0) is 13.3. The molecule has 2 N–H and O–H groups in total. The Balaban J connectivity index is 3.48. The highest BCUT2D eigenvalue weighted by Gasteiger charge is 2.08. The minimum atomic E-state index is -0.738. The van der Waals surface area contributed by atoms with Crippen molar-refractivity contribution in [2.24, 2.45) is 5.92 Å².